The van der Waals surface area contributed by atoms with Gasteiger partial charge in [-0.05, 0) is 79.5 Å². The van der Waals surface area contributed by atoms with Crippen molar-refractivity contribution in [2.24, 2.45) is 0 Å². The van der Waals surface area contributed by atoms with E-state index in [4.69, 9.17) is 14.5 Å². The Hall–Kier alpha value is -4.90. The Morgan fingerprint density at radius 2 is 1.22 bits per heavy atom. The molecule has 6 aromatic carbocycles. The van der Waals surface area contributed by atoms with Crippen molar-refractivity contribution in [1.29, 1.82) is 0 Å². The molecule has 1 aliphatic rings. The number of para-hydroxylation sites is 2. The van der Waals surface area contributed by atoms with Gasteiger partial charge in [0.15, 0.2) is 0 Å². The van der Waals surface area contributed by atoms with Crippen molar-refractivity contribution in [1.82, 2.24) is 9.55 Å². The number of nitrogens with zero attached hydrogens (tertiary/aromatic N) is 2. The lowest BCUT2D eigenvalue weighted by Gasteiger charge is -2.16. The van der Waals surface area contributed by atoms with E-state index in [1.165, 1.54) is 0 Å². The summed E-state index contributed by atoms with van der Waals surface area (Å²) in [6.07, 6.45) is 0. The first-order chi connectivity index (χ1) is 18.2. The van der Waals surface area contributed by atoms with Crippen LogP contribution in [0, 0.1) is 0 Å². The van der Waals surface area contributed by atoms with Gasteiger partial charge in [-0.3, -0.25) is 9.36 Å². The summed E-state index contributed by atoms with van der Waals surface area (Å²) < 4.78 is 13.0. The maximum Gasteiger partial charge on any atom is 0.265 e. The predicted molar refractivity (Wildman–Crippen MR) is 148 cm³/mol. The van der Waals surface area contributed by atoms with Crippen molar-refractivity contribution >= 4 is 60.0 Å². The van der Waals surface area contributed by atoms with Crippen LogP contribution in [0.1, 0.15) is 10.4 Å². The van der Waals surface area contributed by atoms with E-state index in [2.05, 4.69) is 48.5 Å². The number of imidazole rings is 1. The van der Waals surface area contributed by atoms with Crippen LogP contribution in [0.25, 0.3) is 65.5 Å². The molecule has 176 valence electrons. The Morgan fingerprint density at radius 1 is 0.649 bits per heavy atom. The van der Waals surface area contributed by atoms with Gasteiger partial charge in [-0.15, -0.1) is 0 Å². The quantitative estimate of drug-likeness (QED) is 0.243. The summed E-state index contributed by atoms with van der Waals surface area (Å²) in [6, 6.07) is 28.5. The molecule has 5 nitrogen and oxygen atoms in total. The molecule has 0 radical (unpaired) electrons. The summed E-state index contributed by atoms with van der Waals surface area (Å²) in [6.45, 7) is 0. The van der Waals surface area contributed by atoms with E-state index >= 15 is 0 Å². The van der Waals surface area contributed by atoms with E-state index in [1.54, 1.807) is 18.8 Å². The summed E-state index contributed by atoms with van der Waals surface area (Å²) in [5.74, 6) is 2.21. The highest BCUT2D eigenvalue weighted by molar-refractivity contribution is 6.36. The second-order valence-corrected chi connectivity index (χ2v) is 9.47. The molecule has 0 bridgehead atoms. The summed E-state index contributed by atoms with van der Waals surface area (Å²) >= 11 is 0. The maximum absolute atomic E-state index is 14.1. The highest BCUT2D eigenvalue weighted by Gasteiger charge is 2.34. The van der Waals surface area contributed by atoms with E-state index in [0.717, 1.165) is 71.2 Å². The average Bonchev–Trinajstić information content (AvgIpc) is 3.47. The molecule has 7 aromatic rings. The largest absolute Gasteiger partial charge is 0.497 e. The minimum atomic E-state index is -0.0430. The summed E-state index contributed by atoms with van der Waals surface area (Å²) in [5.41, 5.74) is 3.22. The van der Waals surface area contributed by atoms with Gasteiger partial charge in [-0.2, -0.15) is 0 Å². The van der Waals surface area contributed by atoms with Gasteiger partial charge in [0.1, 0.15) is 17.3 Å². The zero-order valence-corrected chi connectivity index (χ0v) is 20.2. The third-order valence-electron chi connectivity index (χ3n) is 7.70. The third kappa shape index (κ3) is 2.53. The monoisotopic (exact) mass is 480 g/mol. The molecule has 5 heteroatoms. The highest BCUT2D eigenvalue weighted by atomic mass is 16.5. The van der Waals surface area contributed by atoms with Gasteiger partial charge in [-0.25, -0.2) is 4.98 Å². The van der Waals surface area contributed by atoms with Crippen LogP contribution in [-0.4, -0.2) is 29.7 Å². The molecule has 1 aliphatic heterocycles. The van der Waals surface area contributed by atoms with Gasteiger partial charge in [0.05, 0.1) is 30.8 Å². The van der Waals surface area contributed by atoms with Crippen molar-refractivity contribution in [3.63, 3.8) is 0 Å². The topological polar surface area (TPSA) is 53.4 Å². The molecule has 0 unspecified atom stereocenters. The lowest BCUT2D eigenvalue weighted by Crippen LogP contribution is -2.06. The van der Waals surface area contributed by atoms with Crippen LogP contribution < -0.4 is 9.47 Å². The van der Waals surface area contributed by atoms with Crippen LogP contribution in [0.15, 0.2) is 84.9 Å². The number of ether oxygens (including phenoxy) is 2. The molecule has 0 N–H and O–H groups in total. The van der Waals surface area contributed by atoms with Crippen LogP contribution >= 0.6 is 0 Å². The van der Waals surface area contributed by atoms with Crippen molar-refractivity contribution in [3.8, 4) is 22.9 Å². The van der Waals surface area contributed by atoms with E-state index in [-0.39, 0.29) is 5.91 Å². The molecular formula is C32H20N2O3. The standard InChI is InChI=1S/C32H20N2O3/c1-36-19-11-7-17-9-13-21-27(23(17)15-19)28-22(14-10-18-8-12-20(37-2)16-24(18)28)30-29(21)31-33-25-5-3-4-6-26(25)34(31)32(30)35/h3-16H,1-2H3. The Kier molecular flexibility index (Phi) is 3.88. The number of hydrogen-bond acceptors (Lipinski definition) is 4. The number of carbonyl (C=O) groups excluding carboxylic acids is 1. The molecule has 0 saturated carbocycles. The van der Waals surface area contributed by atoms with Crippen molar-refractivity contribution in [3.05, 3.63) is 90.5 Å². The highest BCUT2D eigenvalue weighted by Crippen LogP contribution is 2.48. The number of methoxy groups -OCH3 is 2. The van der Waals surface area contributed by atoms with Crippen molar-refractivity contribution in [2.45, 2.75) is 0 Å². The van der Waals surface area contributed by atoms with Gasteiger partial charge >= 0.3 is 0 Å². The first-order valence-electron chi connectivity index (χ1n) is 12.2. The van der Waals surface area contributed by atoms with Crippen molar-refractivity contribution in [2.75, 3.05) is 14.2 Å². The van der Waals surface area contributed by atoms with E-state index in [1.807, 2.05) is 36.4 Å². The van der Waals surface area contributed by atoms with E-state index in [0.29, 0.717) is 11.4 Å². The van der Waals surface area contributed by atoms with E-state index < -0.39 is 0 Å². The normalized spacial score (nSPS) is 12.6. The second kappa shape index (κ2) is 7.08. The first kappa shape index (κ1) is 20.3. The summed E-state index contributed by atoms with van der Waals surface area (Å²) in [4.78, 5) is 19.1. The maximum atomic E-state index is 14.1. The molecular weight excluding hydrogens is 460 g/mol. The van der Waals surface area contributed by atoms with Gasteiger partial charge < -0.3 is 9.47 Å². The van der Waals surface area contributed by atoms with Crippen LogP contribution in [0.4, 0.5) is 0 Å². The molecule has 0 fully saturated rings. The predicted octanol–water partition coefficient (Wildman–Crippen LogP) is 7.34. The molecule has 0 aliphatic carbocycles. The Bertz CT molecular complexity index is 2140. The Balaban J connectivity index is 1.68. The molecule has 37 heavy (non-hydrogen) atoms. The third-order valence-corrected chi connectivity index (χ3v) is 7.70. The second-order valence-electron chi connectivity index (χ2n) is 9.47. The van der Waals surface area contributed by atoms with E-state index in [9.17, 15) is 4.79 Å². The molecule has 0 saturated heterocycles. The number of benzene rings is 6. The summed E-state index contributed by atoms with van der Waals surface area (Å²) in [7, 11) is 3.36. The van der Waals surface area contributed by atoms with Crippen LogP contribution in [0.5, 0.6) is 11.5 Å². The molecule has 0 atom stereocenters. The minimum Gasteiger partial charge on any atom is -0.497 e. The average molecular weight is 481 g/mol. The zero-order valence-electron chi connectivity index (χ0n) is 20.2. The number of fused-ring (bicyclic) bond motifs is 14. The molecule has 2 heterocycles. The van der Waals surface area contributed by atoms with Crippen LogP contribution in [0.3, 0.4) is 0 Å². The Morgan fingerprint density at radius 3 is 1.84 bits per heavy atom. The number of aromatic nitrogens is 2. The van der Waals surface area contributed by atoms with Crippen LogP contribution in [0.2, 0.25) is 0 Å². The van der Waals surface area contributed by atoms with Crippen LogP contribution in [-0.2, 0) is 0 Å². The summed E-state index contributed by atoms with van der Waals surface area (Å²) in [5, 5.41) is 8.34. The van der Waals surface area contributed by atoms with Gasteiger partial charge in [-0.1, -0.05) is 48.5 Å². The SMILES string of the molecule is COc1ccc2ccc3c4c(c5ccc6ccc(OC)cc6c5c3c2c1)-c1nc2ccccc2n1C4=O. The molecule has 0 amide bonds. The number of hydrogen-bond donors (Lipinski definition) is 0. The zero-order chi connectivity index (χ0) is 24.8. The smallest absolute Gasteiger partial charge is 0.265 e. The fraction of sp³-hybridized carbons (Fsp3) is 0.0625. The lowest BCUT2D eigenvalue weighted by atomic mass is 9.87. The minimum absolute atomic E-state index is 0.0430. The van der Waals surface area contributed by atoms with Crippen molar-refractivity contribution < 1.29 is 14.3 Å². The number of rotatable bonds is 2. The Labute approximate surface area is 211 Å². The lowest BCUT2D eigenvalue weighted by molar-refractivity contribution is 0.0975. The molecule has 1 aromatic heterocycles. The van der Waals surface area contributed by atoms with Gasteiger partial charge in [0.2, 0.25) is 0 Å². The fourth-order valence-corrected chi connectivity index (χ4v) is 6.04. The molecule has 0 spiro atoms. The number of carbonyl (C=O) groups is 1. The first-order valence-corrected chi connectivity index (χ1v) is 12.2. The van der Waals surface area contributed by atoms with Gasteiger partial charge in [0, 0.05) is 5.56 Å². The fourth-order valence-electron chi connectivity index (χ4n) is 6.04. The van der Waals surface area contributed by atoms with Gasteiger partial charge in [0.25, 0.3) is 5.91 Å². The molecule has 8 rings (SSSR count).